The lowest BCUT2D eigenvalue weighted by Crippen LogP contribution is -2.42. The van der Waals surface area contributed by atoms with E-state index in [1.165, 1.54) is 12.8 Å². The van der Waals surface area contributed by atoms with Gasteiger partial charge in [0.25, 0.3) is 5.91 Å². The van der Waals surface area contributed by atoms with Crippen LogP contribution in [0.25, 0.3) is 0 Å². The van der Waals surface area contributed by atoms with Crippen LogP contribution in [0.4, 0.5) is 0 Å². The number of benzene rings is 1. The minimum Gasteiger partial charge on any atom is -0.379 e. The number of hydrogen-bond donors (Lipinski definition) is 1. The summed E-state index contributed by atoms with van der Waals surface area (Å²) in [4.78, 5) is 15.0. The number of amides is 1. The van der Waals surface area contributed by atoms with Crippen molar-refractivity contribution in [2.24, 2.45) is 0 Å². The number of hydrogen-bond acceptors (Lipinski definition) is 4. The highest BCUT2D eigenvalue weighted by molar-refractivity contribution is 5.82. The van der Waals surface area contributed by atoms with Gasteiger partial charge >= 0.3 is 0 Å². The summed E-state index contributed by atoms with van der Waals surface area (Å²) in [7, 11) is 0. The van der Waals surface area contributed by atoms with Gasteiger partial charge in [0.1, 0.15) is 0 Å². The maximum Gasteiger partial charge on any atom is 0.253 e. The van der Waals surface area contributed by atoms with Crippen molar-refractivity contribution in [2.75, 3.05) is 39.4 Å². The van der Waals surface area contributed by atoms with Crippen molar-refractivity contribution in [3.8, 4) is 0 Å². The van der Waals surface area contributed by atoms with Crippen molar-refractivity contribution in [1.29, 1.82) is 0 Å². The molecule has 1 aliphatic carbocycles. The van der Waals surface area contributed by atoms with E-state index in [1.54, 1.807) is 0 Å². The zero-order valence-electron chi connectivity index (χ0n) is 14.3. The van der Waals surface area contributed by atoms with E-state index in [0.717, 1.165) is 51.3 Å². The van der Waals surface area contributed by atoms with Crippen LogP contribution in [-0.2, 0) is 14.3 Å². The predicted octanol–water partition coefficient (Wildman–Crippen LogP) is 2.14. The number of nitrogens with one attached hydrogen (secondary N) is 1. The topological polar surface area (TPSA) is 50.8 Å². The molecule has 1 heterocycles. The van der Waals surface area contributed by atoms with Gasteiger partial charge in [0.2, 0.25) is 0 Å². The van der Waals surface area contributed by atoms with Gasteiger partial charge in [-0.25, -0.2) is 0 Å². The van der Waals surface area contributed by atoms with Gasteiger partial charge in [-0.2, -0.15) is 0 Å². The molecule has 2 fully saturated rings. The van der Waals surface area contributed by atoms with Crippen molar-refractivity contribution >= 4 is 5.91 Å². The van der Waals surface area contributed by atoms with Crippen molar-refractivity contribution in [1.82, 2.24) is 10.2 Å². The van der Waals surface area contributed by atoms with E-state index < -0.39 is 6.10 Å². The maximum atomic E-state index is 12.7. The Morgan fingerprint density at radius 1 is 1.21 bits per heavy atom. The highest BCUT2D eigenvalue weighted by Gasteiger charge is 2.27. The molecule has 1 N–H and O–H groups in total. The van der Waals surface area contributed by atoms with Crippen LogP contribution in [0.1, 0.15) is 37.4 Å². The lowest BCUT2D eigenvalue weighted by molar-refractivity contribution is -0.137. The Hall–Kier alpha value is -1.43. The summed E-state index contributed by atoms with van der Waals surface area (Å²) in [6.45, 7) is 4.96. The number of ether oxygens (including phenoxy) is 2. The second-order valence-electron chi connectivity index (χ2n) is 6.58. The average molecular weight is 332 g/mol. The molecule has 0 radical (unpaired) electrons. The normalized spacial score (nSPS) is 20.8. The standard InChI is InChI=1S/C19H28N2O3/c22-19(20-10-11-21-12-14-23-15-13-21)18(16-6-2-1-3-7-16)24-17-8-4-5-9-17/h1-3,6-7,17-18H,4-5,8-15H2,(H,20,22). The molecular formula is C19H28N2O3. The van der Waals surface area contributed by atoms with Gasteiger partial charge in [0.05, 0.1) is 19.3 Å². The second-order valence-corrected chi connectivity index (χ2v) is 6.58. The highest BCUT2D eigenvalue weighted by Crippen LogP contribution is 2.28. The number of rotatable bonds is 7. The largest absolute Gasteiger partial charge is 0.379 e. The Balaban J connectivity index is 1.53. The van der Waals surface area contributed by atoms with Crippen molar-refractivity contribution < 1.29 is 14.3 Å². The fourth-order valence-corrected chi connectivity index (χ4v) is 3.39. The molecule has 1 aliphatic heterocycles. The zero-order valence-corrected chi connectivity index (χ0v) is 14.3. The van der Waals surface area contributed by atoms with E-state index in [2.05, 4.69) is 10.2 Å². The van der Waals surface area contributed by atoms with Crippen LogP contribution in [0.3, 0.4) is 0 Å². The minimum absolute atomic E-state index is 0.0265. The second kappa shape index (κ2) is 9.16. The maximum absolute atomic E-state index is 12.7. The lowest BCUT2D eigenvalue weighted by Gasteiger charge is -2.27. The number of carbonyl (C=O) groups is 1. The summed E-state index contributed by atoms with van der Waals surface area (Å²) >= 11 is 0. The predicted molar refractivity (Wildman–Crippen MR) is 92.8 cm³/mol. The molecule has 0 spiro atoms. The molecule has 5 heteroatoms. The Kier molecular flexibility index (Phi) is 6.64. The molecular weight excluding hydrogens is 304 g/mol. The molecule has 0 aromatic heterocycles. The molecule has 1 saturated carbocycles. The van der Waals surface area contributed by atoms with Crippen LogP contribution in [0, 0.1) is 0 Å². The third kappa shape index (κ3) is 5.03. The lowest BCUT2D eigenvalue weighted by atomic mass is 10.1. The molecule has 1 unspecified atom stereocenters. The van der Waals surface area contributed by atoms with E-state index in [0.29, 0.717) is 6.54 Å². The molecule has 132 valence electrons. The Bertz CT molecular complexity index is 497. The molecule has 5 nitrogen and oxygen atoms in total. The number of nitrogens with zero attached hydrogens (tertiary/aromatic N) is 1. The van der Waals surface area contributed by atoms with E-state index >= 15 is 0 Å². The van der Waals surface area contributed by atoms with E-state index in [-0.39, 0.29) is 12.0 Å². The van der Waals surface area contributed by atoms with E-state index in [4.69, 9.17) is 9.47 Å². The SMILES string of the molecule is O=C(NCCN1CCOCC1)C(OC1CCCC1)c1ccccc1. The van der Waals surface area contributed by atoms with Gasteiger partial charge < -0.3 is 14.8 Å². The molecule has 1 aromatic carbocycles. The zero-order chi connectivity index (χ0) is 16.6. The van der Waals surface area contributed by atoms with Gasteiger partial charge in [-0.1, -0.05) is 43.2 Å². The summed E-state index contributed by atoms with van der Waals surface area (Å²) in [6, 6.07) is 9.83. The third-order valence-corrected chi connectivity index (χ3v) is 4.80. The molecule has 1 atom stereocenters. The van der Waals surface area contributed by atoms with Crippen molar-refractivity contribution in [2.45, 2.75) is 37.9 Å². The highest BCUT2D eigenvalue weighted by atomic mass is 16.5. The van der Waals surface area contributed by atoms with Crippen LogP contribution in [0.2, 0.25) is 0 Å². The third-order valence-electron chi connectivity index (χ3n) is 4.80. The van der Waals surface area contributed by atoms with Gasteiger partial charge in [-0.15, -0.1) is 0 Å². The first-order valence-electron chi connectivity index (χ1n) is 9.11. The van der Waals surface area contributed by atoms with Crippen LogP contribution >= 0.6 is 0 Å². The molecule has 24 heavy (non-hydrogen) atoms. The van der Waals surface area contributed by atoms with Crippen molar-refractivity contribution in [3.63, 3.8) is 0 Å². The first-order valence-corrected chi connectivity index (χ1v) is 9.11. The first-order chi connectivity index (χ1) is 11.8. The number of carbonyl (C=O) groups excluding carboxylic acids is 1. The Morgan fingerprint density at radius 2 is 1.92 bits per heavy atom. The van der Waals surface area contributed by atoms with Crippen LogP contribution < -0.4 is 5.32 Å². The quantitative estimate of drug-likeness (QED) is 0.831. The summed E-state index contributed by atoms with van der Waals surface area (Å²) in [5.74, 6) is -0.0265. The minimum atomic E-state index is -0.501. The van der Waals surface area contributed by atoms with Crippen LogP contribution in [0.5, 0.6) is 0 Å². The molecule has 3 rings (SSSR count). The summed E-state index contributed by atoms with van der Waals surface area (Å²) < 4.78 is 11.5. The molecule has 1 amide bonds. The Labute approximate surface area is 144 Å². The Morgan fingerprint density at radius 3 is 2.62 bits per heavy atom. The van der Waals surface area contributed by atoms with E-state index in [9.17, 15) is 4.79 Å². The molecule has 1 aromatic rings. The van der Waals surface area contributed by atoms with Gasteiger partial charge in [-0.05, 0) is 18.4 Å². The van der Waals surface area contributed by atoms with Crippen molar-refractivity contribution in [3.05, 3.63) is 35.9 Å². The summed E-state index contributed by atoms with van der Waals surface area (Å²) in [5.41, 5.74) is 0.938. The monoisotopic (exact) mass is 332 g/mol. The summed E-state index contributed by atoms with van der Waals surface area (Å²) in [5, 5.41) is 3.06. The molecule has 0 bridgehead atoms. The fourth-order valence-electron chi connectivity index (χ4n) is 3.39. The van der Waals surface area contributed by atoms with E-state index in [1.807, 2.05) is 30.3 Å². The molecule has 1 saturated heterocycles. The fraction of sp³-hybridized carbons (Fsp3) is 0.632. The smallest absolute Gasteiger partial charge is 0.253 e. The van der Waals surface area contributed by atoms with Gasteiger partial charge in [-0.3, -0.25) is 9.69 Å². The first kappa shape index (κ1) is 17.4. The van der Waals surface area contributed by atoms with Crippen LogP contribution in [-0.4, -0.2) is 56.3 Å². The summed E-state index contributed by atoms with van der Waals surface area (Å²) in [6.07, 6.45) is 4.23. The van der Waals surface area contributed by atoms with Crippen LogP contribution in [0.15, 0.2) is 30.3 Å². The molecule has 2 aliphatic rings. The van der Waals surface area contributed by atoms with Gasteiger partial charge in [0.15, 0.2) is 6.10 Å². The van der Waals surface area contributed by atoms with Gasteiger partial charge in [0, 0.05) is 26.2 Å². The average Bonchev–Trinajstić information content (AvgIpc) is 3.14. The number of morpholine rings is 1.